The van der Waals surface area contributed by atoms with Crippen LogP contribution in [-0.2, 0) is 6.54 Å². The zero-order valence-corrected chi connectivity index (χ0v) is 17.2. The van der Waals surface area contributed by atoms with E-state index in [4.69, 9.17) is 10.7 Å². The van der Waals surface area contributed by atoms with Crippen molar-refractivity contribution < 1.29 is 4.79 Å². The van der Waals surface area contributed by atoms with Gasteiger partial charge >= 0.3 is 6.03 Å². The van der Waals surface area contributed by atoms with Gasteiger partial charge in [0.15, 0.2) is 0 Å². The van der Waals surface area contributed by atoms with Gasteiger partial charge in [0.05, 0.1) is 15.9 Å². The molecule has 0 atom stereocenters. The molecular formula is C23H18N6OS. The number of nitrogens with one attached hydrogen (secondary N) is 2. The molecule has 3 heterocycles. The Labute approximate surface area is 182 Å². The predicted octanol–water partition coefficient (Wildman–Crippen LogP) is 4.81. The van der Waals surface area contributed by atoms with Crippen LogP contribution in [0.15, 0.2) is 73.1 Å². The maximum absolute atomic E-state index is 12.1. The van der Waals surface area contributed by atoms with E-state index >= 15 is 0 Å². The number of benzene rings is 2. The van der Waals surface area contributed by atoms with Crippen molar-refractivity contribution >= 4 is 49.3 Å². The molecule has 0 spiro atoms. The maximum atomic E-state index is 12.1. The number of nitrogens with two attached hydrogens (primary N) is 1. The predicted molar refractivity (Wildman–Crippen MR) is 125 cm³/mol. The summed E-state index contributed by atoms with van der Waals surface area (Å²) in [6.07, 6.45) is 1.47. The van der Waals surface area contributed by atoms with E-state index in [2.05, 4.69) is 20.6 Å². The van der Waals surface area contributed by atoms with Gasteiger partial charge in [-0.25, -0.2) is 19.7 Å². The van der Waals surface area contributed by atoms with Crippen LogP contribution in [0.1, 0.15) is 5.56 Å². The Hall–Kier alpha value is -4.04. The van der Waals surface area contributed by atoms with E-state index in [1.54, 1.807) is 0 Å². The number of amides is 2. The first kappa shape index (κ1) is 19.0. The number of pyridine rings is 1. The molecule has 7 nitrogen and oxygen atoms in total. The normalized spacial score (nSPS) is 11.0. The lowest BCUT2D eigenvalue weighted by atomic mass is 10.1. The molecule has 8 heteroatoms. The molecule has 0 aliphatic carbocycles. The molecule has 5 rings (SSSR count). The van der Waals surface area contributed by atoms with Crippen molar-refractivity contribution in [2.75, 3.05) is 11.1 Å². The van der Waals surface area contributed by atoms with Gasteiger partial charge in [-0.2, -0.15) is 0 Å². The number of hydrogen-bond acceptors (Lipinski definition) is 6. The monoisotopic (exact) mass is 426 g/mol. The van der Waals surface area contributed by atoms with E-state index in [9.17, 15) is 4.79 Å². The highest BCUT2D eigenvalue weighted by Crippen LogP contribution is 2.35. The molecule has 4 N–H and O–H groups in total. The average Bonchev–Trinajstić information content (AvgIpc) is 3.18. The molecule has 0 aliphatic heterocycles. The molecule has 0 saturated carbocycles. The van der Waals surface area contributed by atoms with Gasteiger partial charge in [-0.3, -0.25) is 0 Å². The lowest BCUT2D eigenvalue weighted by Gasteiger charge is -2.08. The van der Waals surface area contributed by atoms with E-state index in [0.717, 1.165) is 37.3 Å². The summed E-state index contributed by atoms with van der Waals surface area (Å²) in [4.78, 5) is 26.2. The number of hydrogen-bond donors (Lipinski definition) is 3. The third-order valence-corrected chi connectivity index (χ3v) is 5.99. The highest BCUT2D eigenvalue weighted by molar-refractivity contribution is 7.25. The molecule has 2 amide bonds. The highest BCUT2D eigenvalue weighted by atomic mass is 32.1. The van der Waals surface area contributed by atoms with Crippen LogP contribution in [0.3, 0.4) is 0 Å². The van der Waals surface area contributed by atoms with E-state index in [-0.39, 0.29) is 6.03 Å². The minimum Gasteiger partial charge on any atom is -0.382 e. The van der Waals surface area contributed by atoms with Crippen molar-refractivity contribution in [3.63, 3.8) is 0 Å². The largest absolute Gasteiger partial charge is 0.382 e. The topological polar surface area (TPSA) is 106 Å². The number of aromatic nitrogens is 3. The summed E-state index contributed by atoms with van der Waals surface area (Å²) in [5.41, 5.74) is 10.3. The lowest BCUT2D eigenvalue weighted by molar-refractivity contribution is 0.251. The number of carbonyl (C=O) groups excluding carboxylic acids is 1. The summed E-state index contributed by atoms with van der Waals surface area (Å²) in [6.45, 7) is 0.471. The fourth-order valence-electron chi connectivity index (χ4n) is 3.31. The number of nitrogens with zero attached hydrogens (tertiary/aromatic N) is 3. The van der Waals surface area contributed by atoms with Gasteiger partial charge in [0.2, 0.25) is 0 Å². The number of carbonyl (C=O) groups is 1. The second-order valence-corrected chi connectivity index (χ2v) is 7.96. The van der Waals surface area contributed by atoms with Crippen molar-refractivity contribution in [3.8, 4) is 11.3 Å². The summed E-state index contributed by atoms with van der Waals surface area (Å²) < 4.78 is 0.850. The first-order valence-corrected chi connectivity index (χ1v) is 10.5. The van der Waals surface area contributed by atoms with E-state index in [0.29, 0.717) is 18.1 Å². The minimum absolute atomic E-state index is 0.250. The molecule has 5 aromatic rings. The van der Waals surface area contributed by atoms with Gasteiger partial charge in [-0.15, -0.1) is 11.3 Å². The van der Waals surface area contributed by atoms with Crippen molar-refractivity contribution in [1.82, 2.24) is 20.3 Å². The quantitative estimate of drug-likeness (QED) is 0.382. The summed E-state index contributed by atoms with van der Waals surface area (Å²) >= 11 is 1.49. The molecule has 0 unspecified atom stereocenters. The Kier molecular flexibility index (Phi) is 4.89. The Morgan fingerprint density at radius 1 is 0.968 bits per heavy atom. The summed E-state index contributed by atoms with van der Waals surface area (Å²) in [6, 6.07) is 21.1. The molecule has 3 aromatic heterocycles. The Morgan fingerprint density at radius 3 is 2.58 bits per heavy atom. The zero-order chi connectivity index (χ0) is 21.2. The molecule has 0 aliphatic rings. The van der Waals surface area contributed by atoms with E-state index in [1.807, 2.05) is 66.7 Å². The van der Waals surface area contributed by atoms with Crippen molar-refractivity contribution in [3.05, 3.63) is 78.6 Å². The molecule has 2 aromatic carbocycles. The third kappa shape index (κ3) is 3.88. The van der Waals surface area contributed by atoms with Crippen LogP contribution in [-0.4, -0.2) is 21.0 Å². The smallest absolute Gasteiger partial charge is 0.319 e. The van der Waals surface area contributed by atoms with Crippen LogP contribution < -0.4 is 16.4 Å². The second kappa shape index (κ2) is 8.00. The van der Waals surface area contributed by atoms with Crippen LogP contribution in [0, 0.1) is 0 Å². The van der Waals surface area contributed by atoms with Crippen LogP contribution >= 0.6 is 11.3 Å². The molecular weight excluding hydrogens is 408 g/mol. The minimum atomic E-state index is -0.250. The Morgan fingerprint density at radius 2 is 1.77 bits per heavy atom. The summed E-state index contributed by atoms with van der Waals surface area (Å²) in [5, 5.41) is 6.66. The number of urea groups is 1. The van der Waals surface area contributed by atoms with Crippen LogP contribution in [0.4, 0.5) is 16.3 Å². The zero-order valence-electron chi connectivity index (χ0n) is 16.4. The molecule has 0 saturated heterocycles. The third-order valence-electron chi connectivity index (χ3n) is 4.88. The van der Waals surface area contributed by atoms with Gasteiger partial charge in [0, 0.05) is 23.2 Å². The molecule has 0 radical (unpaired) electrons. The number of rotatable bonds is 4. The number of nitrogen functional groups attached to an aromatic ring is 1. The van der Waals surface area contributed by atoms with Crippen LogP contribution in [0.5, 0.6) is 0 Å². The van der Waals surface area contributed by atoms with Gasteiger partial charge < -0.3 is 16.4 Å². The second-order valence-electron chi connectivity index (χ2n) is 6.96. The number of thiophene rings is 1. The van der Waals surface area contributed by atoms with Gasteiger partial charge in [0.25, 0.3) is 0 Å². The highest BCUT2D eigenvalue weighted by Gasteiger charge is 2.12. The van der Waals surface area contributed by atoms with E-state index in [1.165, 1.54) is 17.7 Å². The molecule has 0 fully saturated rings. The standard InChI is InChI=1S/C23H18N6OS/c24-21-20-19(26-13-27-21)17-10-11-18(29-22(17)31-20)15-6-8-16(9-7-15)28-23(30)25-12-14-4-2-1-3-5-14/h1-11,13H,12H2,(H2,24,26,27)(H2,25,28,30). The van der Waals surface area contributed by atoms with Gasteiger partial charge in [0.1, 0.15) is 17.0 Å². The van der Waals surface area contributed by atoms with Crippen molar-refractivity contribution in [2.24, 2.45) is 0 Å². The fraction of sp³-hybridized carbons (Fsp3) is 0.0435. The Balaban J connectivity index is 1.31. The number of fused-ring (bicyclic) bond motifs is 3. The number of anilines is 2. The summed E-state index contributed by atoms with van der Waals surface area (Å²) in [7, 11) is 0. The van der Waals surface area contributed by atoms with Gasteiger partial charge in [-0.05, 0) is 29.8 Å². The van der Waals surface area contributed by atoms with Crippen molar-refractivity contribution in [1.29, 1.82) is 0 Å². The SMILES string of the molecule is Nc1ncnc2c1sc1nc(-c3ccc(NC(=O)NCc4ccccc4)cc3)ccc12. The van der Waals surface area contributed by atoms with Gasteiger partial charge in [-0.1, -0.05) is 42.5 Å². The van der Waals surface area contributed by atoms with Crippen LogP contribution in [0.2, 0.25) is 0 Å². The lowest BCUT2D eigenvalue weighted by Crippen LogP contribution is -2.28. The molecule has 31 heavy (non-hydrogen) atoms. The Bertz CT molecular complexity index is 1380. The van der Waals surface area contributed by atoms with Crippen LogP contribution in [0.25, 0.3) is 31.7 Å². The molecule has 152 valence electrons. The fourth-order valence-corrected chi connectivity index (χ4v) is 4.34. The average molecular weight is 427 g/mol. The van der Waals surface area contributed by atoms with E-state index < -0.39 is 0 Å². The first-order valence-electron chi connectivity index (χ1n) is 9.66. The molecule has 0 bridgehead atoms. The summed E-state index contributed by atoms with van der Waals surface area (Å²) in [5.74, 6) is 0.468. The maximum Gasteiger partial charge on any atom is 0.319 e. The first-order chi connectivity index (χ1) is 15.2. The van der Waals surface area contributed by atoms with Crippen molar-refractivity contribution in [2.45, 2.75) is 6.54 Å².